The molecule has 1 aliphatic heterocycles. The molecule has 0 spiro atoms. The number of benzene rings is 1. The summed E-state index contributed by atoms with van der Waals surface area (Å²) in [5.41, 5.74) is 1.45. The summed E-state index contributed by atoms with van der Waals surface area (Å²) in [4.78, 5) is 6.27. The average Bonchev–Trinajstić information content (AvgIpc) is 2.91. The van der Waals surface area contributed by atoms with Crippen LogP contribution in [0.25, 0.3) is 15.8 Å². The number of fused-ring (bicyclic) bond motifs is 1. The van der Waals surface area contributed by atoms with Crippen LogP contribution in [0.3, 0.4) is 0 Å². The Labute approximate surface area is 114 Å². The van der Waals surface area contributed by atoms with Gasteiger partial charge in [-0.2, -0.15) is 0 Å². The summed E-state index contributed by atoms with van der Waals surface area (Å²) in [5, 5.41) is 18.9. The van der Waals surface area contributed by atoms with Crippen molar-refractivity contribution in [2.75, 3.05) is 13.1 Å². The smallest absolute Gasteiger partial charge is 0.135 e. The standard InChI is InChI=1S/C14H13N3OS/c1-2-7-17-8-10(18)12(13(17)15)14-16-9-5-3-4-6-11(9)19-14/h2-6,15,18H,1,7-8H2. The Morgan fingerprint density at radius 3 is 3.00 bits per heavy atom. The fraction of sp³-hybridized carbons (Fsp3) is 0.143. The first kappa shape index (κ1) is 11.9. The number of amidine groups is 1. The summed E-state index contributed by atoms with van der Waals surface area (Å²) in [6, 6.07) is 7.83. The number of hydrogen-bond donors (Lipinski definition) is 2. The summed E-state index contributed by atoms with van der Waals surface area (Å²) in [6.45, 7) is 4.57. The first-order valence-corrected chi connectivity index (χ1v) is 6.75. The van der Waals surface area contributed by atoms with Gasteiger partial charge in [0.25, 0.3) is 0 Å². The SMILES string of the molecule is C=CCN1CC(O)=C(c2nc3ccccc3s2)C1=N. The van der Waals surface area contributed by atoms with Gasteiger partial charge in [-0.15, -0.1) is 17.9 Å². The molecule has 4 nitrogen and oxygen atoms in total. The zero-order chi connectivity index (χ0) is 13.4. The molecule has 19 heavy (non-hydrogen) atoms. The Morgan fingerprint density at radius 1 is 1.47 bits per heavy atom. The van der Waals surface area contributed by atoms with Gasteiger partial charge in [0.1, 0.15) is 16.6 Å². The van der Waals surface area contributed by atoms with Crippen LogP contribution in [0.2, 0.25) is 0 Å². The molecule has 0 fully saturated rings. The second-order valence-corrected chi connectivity index (χ2v) is 5.36. The Hall–Kier alpha value is -2.14. The van der Waals surface area contributed by atoms with Crippen LogP contribution in [-0.4, -0.2) is 33.9 Å². The molecule has 2 N–H and O–H groups in total. The number of hydrogen-bond acceptors (Lipinski definition) is 4. The minimum absolute atomic E-state index is 0.214. The fourth-order valence-corrected chi connectivity index (χ4v) is 3.18. The molecule has 0 radical (unpaired) electrons. The van der Waals surface area contributed by atoms with Gasteiger partial charge in [-0.1, -0.05) is 18.2 Å². The van der Waals surface area contributed by atoms with Crippen LogP contribution in [0.1, 0.15) is 5.01 Å². The molecule has 0 aliphatic carbocycles. The van der Waals surface area contributed by atoms with Crippen molar-refractivity contribution in [3.8, 4) is 0 Å². The Kier molecular flexibility index (Phi) is 2.83. The van der Waals surface area contributed by atoms with Crippen molar-refractivity contribution >= 4 is 33.0 Å². The summed E-state index contributed by atoms with van der Waals surface area (Å²) in [6.07, 6.45) is 1.73. The molecular formula is C14H13N3OS. The van der Waals surface area contributed by atoms with Crippen LogP contribution in [0.4, 0.5) is 0 Å². The quantitative estimate of drug-likeness (QED) is 0.843. The van der Waals surface area contributed by atoms with Gasteiger partial charge in [-0.3, -0.25) is 5.41 Å². The van der Waals surface area contributed by atoms with E-state index < -0.39 is 0 Å². The molecule has 2 aromatic rings. The molecule has 0 atom stereocenters. The van der Waals surface area contributed by atoms with Gasteiger partial charge in [0.15, 0.2) is 0 Å². The van der Waals surface area contributed by atoms with E-state index in [9.17, 15) is 5.11 Å². The second-order valence-electron chi connectivity index (χ2n) is 4.33. The second kappa shape index (κ2) is 4.51. The Bertz CT molecular complexity index is 669. The van der Waals surface area contributed by atoms with Crippen LogP contribution in [0.15, 0.2) is 42.7 Å². The van der Waals surface area contributed by atoms with Gasteiger partial charge < -0.3 is 10.0 Å². The van der Waals surface area contributed by atoms with Crippen molar-refractivity contribution in [2.45, 2.75) is 0 Å². The highest BCUT2D eigenvalue weighted by Gasteiger charge is 2.29. The summed E-state index contributed by atoms with van der Waals surface area (Å²) >= 11 is 1.50. The van der Waals surface area contributed by atoms with Crippen molar-refractivity contribution in [3.05, 3.63) is 47.7 Å². The lowest BCUT2D eigenvalue weighted by atomic mass is 10.2. The first-order valence-electron chi connectivity index (χ1n) is 5.93. The number of aromatic nitrogens is 1. The molecule has 1 aliphatic rings. The maximum atomic E-state index is 10.1. The highest BCUT2D eigenvalue weighted by Crippen LogP contribution is 2.32. The minimum Gasteiger partial charge on any atom is -0.510 e. The van der Waals surface area contributed by atoms with Crippen molar-refractivity contribution < 1.29 is 5.11 Å². The van der Waals surface area contributed by atoms with Gasteiger partial charge in [0, 0.05) is 6.54 Å². The van der Waals surface area contributed by atoms with E-state index in [1.54, 1.807) is 11.0 Å². The van der Waals surface area contributed by atoms with E-state index in [0.717, 1.165) is 10.2 Å². The van der Waals surface area contributed by atoms with Crippen LogP contribution < -0.4 is 0 Å². The van der Waals surface area contributed by atoms with Crippen LogP contribution in [-0.2, 0) is 0 Å². The molecule has 96 valence electrons. The maximum Gasteiger partial charge on any atom is 0.135 e. The van der Waals surface area contributed by atoms with Gasteiger partial charge in [0.05, 0.1) is 22.3 Å². The molecule has 5 heteroatoms. The molecule has 0 unspecified atom stereocenters. The highest BCUT2D eigenvalue weighted by atomic mass is 32.1. The number of aliphatic hydroxyl groups is 1. The van der Waals surface area contributed by atoms with Crippen molar-refractivity contribution in [3.63, 3.8) is 0 Å². The number of nitrogens with zero attached hydrogens (tertiary/aromatic N) is 2. The topological polar surface area (TPSA) is 60.2 Å². The van der Waals surface area contributed by atoms with Crippen molar-refractivity contribution in [1.82, 2.24) is 9.88 Å². The van der Waals surface area contributed by atoms with Crippen molar-refractivity contribution in [2.24, 2.45) is 0 Å². The van der Waals surface area contributed by atoms with Gasteiger partial charge in [-0.05, 0) is 12.1 Å². The van der Waals surface area contributed by atoms with Crippen LogP contribution in [0.5, 0.6) is 0 Å². The summed E-state index contributed by atoms with van der Waals surface area (Å²) in [7, 11) is 0. The number of rotatable bonds is 3. The lowest BCUT2D eigenvalue weighted by molar-refractivity contribution is 0.362. The fourth-order valence-electron chi connectivity index (χ4n) is 2.15. The predicted octanol–water partition coefficient (Wildman–Crippen LogP) is 3.04. The number of thiazole rings is 1. The third-order valence-electron chi connectivity index (χ3n) is 3.04. The van der Waals surface area contributed by atoms with E-state index in [4.69, 9.17) is 5.41 Å². The van der Waals surface area contributed by atoms with E-state index in [1.807, 2.05) is 24.3 Å². The zero-order valence-electron chi connectivity index (χ0n) is 10.3. The number of nitrogens with one attached hydrogen (secondary N) is 1. The zero-order valence-corrected chi connectivity index (χ0v) is 11.1. The largest absolute Gasteiger partial charge is 0.510 e. The molecule has 0 saturated carbocycles. The molecule has 3 rings (SSSR count). The third-order valence-corrected chi connectivity index (χ3v) is 4.09. The number of para-hydroxylation sites is 1. The van der Waals surface area contributed by atoms with E-state index in [-0.39, 0.29) is 5.76 Å². The summed E-state index contributed by atoms with van der Waals surface area (Å²) in [5.74, 6) is 0.530. The molecule has 0 bridgehead atoms. The van der Waals surface area contributed by atoms with E-state index in [1.165, 1.54) is 11.3 Å². The molecule has 1 aromatic carbocycles. The maximum absolute atomic E-state index is 10.1. The normalized spacial score (nSPS) is 15.6. The minimum atomic E-state index is 0.214. The van der Waals surface area contributed by atoms with E-state index >= 15 is 0 Å². The van der Waals surface area contributed by atoms with Gasteiger partial charge >= 0.3 is 0 Å². The monoisotopic (exact) mass is 271 g/mol. The van der Waals surface area contributed by atoms with Crippen LogP contribution >= 0.6 is 11.3 Å². The third kappa shape index (κ3) is 1.92. The van der Waals surface area contributed by atoms with Gasteiger partial charge in [0.2, 0.25) is 0 Å². The molecular weight excluding hydrogens is 258 g/mol. The van der Waals surface area contributed by atoms with Gasteiger partial charge in [-0.25, -0.2) is 4.98 Å². The number of aliphatic hydroxyl groups excluding tert-OH is 1. The lowest BCUT2D eigenvalue weighted by Crippen LogP contribution is -2.26. The van der Waals surface area contributed by atoms with E-state index in [2.05, 4.69) is 11.6 Å². The average molecular weight is 271 g/mol. The lowest BCUT2D eigenvalue weighted by Gasteiger charge is -2.15. The highest BCUT2D eigenvalue weighted by molar-refractivity contribution is 7.19. The molecule has 0 amide bonds. The first-order chi connectivity index (χ1) is 9.20. The van der Waals surface area contributed by atoms with Crippen molar-refractivity contribution in [1.29, 1.82) is 5.41 Å². The Balaban J connectivity index is 2.03. The predicted molar refractivity (Wildman–Crippen MR) is 78.7 cm³/mol. The molecule has 0 saturated heterocycles. The molecule has 1 aromatic heterocycles. The van der Waals surface area contributed by atoms with E-state index in [0.29, 0.717) is 29.5 Å². The summed E-state index contributed by atoms with van der Waals surface area (Å²) < 4.78 is 1.06. The van der Waals surface area contributed by atoms with Crippen LogP contribution in [0, 0.1) is 5.41 Å². The Morgan fingerprint density at radius 2 is 2.26 bits per heavy atom. The molecule has 2 heterocycles.